The van der Waals surface area contributed by atoms with E-state index in [0.29, 0.717) is 0 Å². The molecule has 0 unspecified atom stereocenters. The van der Waals surface area contributed by atoms with Crippen LogP contribution in [0.2, 0.25) is 0 Å². The minimum Gasteiger partial charge on any atom is -0.508 e. The van der Waals surface area contributed by atoms with E-state index in [2.05, 4.69) is 10.6 Å². The molecule has 4 N–H and O–H groups in total. The van der Waals surface area contributed by atoms with Crippen LogP contribution < -0.4 is 10.6 Å². The number of hydrogen-bond donors (Lipinski definition) is 4. The second kappa shape index (κ2) is 12.4. The van der Waals surface area contributed by atoms with Gasteiger partial charge in [0.15, 0.2) is 0 Å². The maximum absolute atomic E-state index is 13.1. The van der Waals surface area contributed by atoms with Crippen molar-refractivity contribution in [1.29, 1.82) is 0 Å². The van der Waals surface area contributed by atoms with Crippen molar-refractivity contribution >= 4 is 35.7 Å². The van der Waals surface area contributed by atoms with Gasteiger partial charge in [0.05, 0.1) is 11.6 Å². The number of alkyl carbamates (subject to hydrolysis) is 1. The molecule has 1 aromatic rings. The van der Waals surface area contributed by atoms with Gasteiger partial charge in [0.1, 0.15) is 35.3 Å². The molecule has 2 rings (SSSR count). The number of benzene rings is 1. The lowest BCUT2D eigenvalue weighted by Crippen LogP contribution is -2.53. The molecule has 2 amide bonds. The van der Waals surface area contributed by atoms with E-state index in [9.17, 15) is 29.4 Å². The summed E-state index contributed by atoms with van der Waals surface area (Å²) in [4.78, 5) is 50.7. The molecule has 2 atom stereocenters. The largest absolute Gasteiger partial charge is 0.508 e. The summed E-state index contributed by atoms with van der Waals surface area (Å²) in [7, 11) is 0. The van der Waals surface area contributed by atoms with Crippen molar-refractivity contribution in [2.45, 2.75) is 77.5 Å². The molecule has 12 heteroatoms. The number of phenolic OH excluding ortho intramolecular Hbond substituents is 2. The van der Waals surface area contributed by atoms with Crippen LogP contribution in [0.25, 0.3) is 0 Å². The molecule has 1 aliphatic heterocycles. The minimum absolute atomic E-state index is 0.0344. The molecule has 0 aliphatic carbocycles. The van der Waals surface area contributed by atoms with E-state index in [1.807, 2.05) is 0 Å². The van der Waals surface area contributed by atoms with E-state index in [0.717, 1.165) is 6.07 Å². The van der Waals surface area contributed by atoms with Crippen molar-refractivity contribution in [1.82, 2.24) is 10.6 Å². The average Bonchev–Trinajstić information content (AvgIpc) is 2.74. The summed E-state index contributed by atoms with van der Waals surface area (Å²) in [6, 6.07) is -0.894. The van der Waals surface area contributed by atoms with E-state index in [1.165, 1.54) is 30.8 Å². The zero-order valence-corrected chi connectivity index (χ0v) is 23.5. The lowest BCUT2D eigenvalue weighted by molar-refractivity contribution is -0.148. The van der Waals surface area contributed by atoms with E-state index in [-0.39, 0.29) is 39.7 Å². The number of hydrogen-bond acceptors (Lipinski definition) is 10. The monoisotopic (exact) mass is 552 g/mol. The van der Waals surface area contributed by atoms with Gasteiger partial charge in [-0.05, 0) is 48.5 Å². The first-order valence-electron chi connectivity index (χ1n) is 12.0. The highest BCUT2D eigenvalue weighted by atomic mass is 32.2. The summed E-state index contributed by atoms with van der Waals surface area (Å²) in [5, 5.41) is 25.7. The summed E-state index contributed by atoms with van der Waals surface area (Å²) in [5.41, 5.74) is -1.14. The average molecular weight is 553 g/mol. The summed E-state index contributed by atoms with van der Waals surface area (Å²) in [5.74, 6) is -2.38. The molecule has 1 aromatic carbocycles. The quantitative estimate of drug-likeness (QED) is 0.249. The van der Waals surface area contributed by atoms with Gasteiger partial charge in [-0.2, -0.15) is 11.8 Å². The van der Waals surface area contributed by atoms with Gasteiger partial charge in [0.25, 0.3) is 0 Å². The van der Waals surface area contributed by atoms with Crippen molar-refractivity contribution < 1.29 is 43.6 Å². The Morgan fingerprint density at radius 2 is 1.74 bits per heavy atom. The molecule has 0 radical (unpaired) electrons. The van der Waals surface area contributed by atoms with Crippen LogP contribution in [-0.2, 0) is 29.6 Å². The molecule has 11 nitrogen and oxygen atoms in total. The van der Waals surface area contributed by atoms with Crippen LogP contribution in [0.3, 0.4) is 0 Å². The minimum atomic E-state index is -1.34. The summed E-state index contributed by atoms with van der Waals surface area (Å²) in [6.45, 7) is 11.1. The Labute approximate surface area is 226 Å². The van der Waals surface area contributed by atoms with Gasteiger partial charge in [-0.1, -0.05) is 6.08 Å². The summed E-state index contributed by atoms with van der Waals surface area (Å²) >= 11 is 1.26. The van der Waals surface area contributed by atoms with Crippen molar-refractivity contribution in [3.8, 4) is 11.5 Å². The van der Waals surface area contributed by atoms with Crippen LogP contribution in [0.1, 0.15) is 63.0 Å². The van der Waals surface area contributed by atoms with Crippen molar-refractivity contribution in [2.24, 2.45) is 0 Å². The lowest BCUT2D eigenvalue weighted by atomic mass is 10.0. The van der Waals surface area contributed by atoms with Crippen molar-refractivity contribution in [2.75, 3.05) is 12.4 Å². The smallest absolute Gasteiger partial charge is 0.408 e. The highest BCUT2D eigenvalue weighted by molar-refractivity contribution is 7.98. The molecule has 0 spiro atoms. The number of thioether (sulfide) groups is 1. The Balaban J connectivity index is 2.41. The number of amides is 2. The molecule has 0 fully saturated rings. The molecule has 1 heterocycles. The number of rotatable bonds is 3. The van der Waals surface area contributed by atoms with E-state index in [4.69, 9.17) is 14.2 Å². The van der Waals surface area contributed by atoms with E-state index in [1.54, 1.807) is 41.5 Å². The van der Waals surface area contributed by atoms with Gasteiger partial charge in [0, 0.05) is 34.8 Å². The fourth-order valence-electron chi connectivity index (χ4n) is 3.34. The molecule has 38 heavy (non-hydrogen) atoms. The van der Waals surface area contributed by atoms with Gasteiger partial charge in [-0.15, -0.1) is 0 Å². The first-order valence-corrected chi connectivity index (χ1v) is 13.1. The highest BCUT2D eigenvalue weighted by Gasteiger charge is 2.30. The number of nitrogens with one attached hydrogen (secondary N) is 2. The Morgan fingerprint density at radius 1 is 1.11 bits per heavy atom. The van der Waals surface area contributed by atoms with Crippen molar-refractivity contribution in [3.05, 3.63) is 34.9 Å². The highest BCUT2D eigenvalue weighted by Crippen LogP contribution is 2.35. The SMILES string of the molecule is Cc1c(O)cc(O)c2c1C(=O)OC[C@H](NC(=O)OC(C)(C)C)C(=O)N[C@@H](C=CC(=O)OC(C)(C)C)CSC2. The van der Waals surface area contributed by atoms with Crippen molar-refractivity contribution in [3.63, 3.8) is 0 Å². The normalized spacial score (nSPS) is 19.3. The first kappa shape index (κ1) is 30.8. The van der Waals surface area contributed by atoms with Gasteiger partial charge in [0.2, 0.25) is 5.91 Å². The van der Waals surface area contributed by atoms with Crippen LogP contribution in [-0.4, -0.2) is 69.8 Å². The number of carbonyl (C=O) groups is 4. The molecular weight excluding hydrogens is 516 g/mol. The zero-order valence-electron chi connectivity index (χ0n) is 22.7. The third-order valence-corrected chi connectivity index (χ3v) is 6.07. The zero-order chi connectivity index (χ0) is 28.8. The lowest BCUT2D eigenvalue weighted by Gasteiger charge is -2.25. The van der Waals surface area contributed by atoms with Gasteiger partial charge in [-0.3, -0.25) is 4.79 Å². The van der Waals surface area contributed by atoms with Crippen LogP contribution in [0.5, 0.6) is 11.5 Å². The predicted molar refractivity (Wildman–Crippen MR) is 141 cm³/mol. The first-order chi connectivity index (χ1) is 17.5. The Hall–Kier alpha value is -3.41. The Bertz CT molecular complexity index is 1100. The van der Waals surface area contributed by atoms with Gasteiger partial charge < -0.3 is 35.1 Å². The van der Waals surface area contributed by atoms with Gasteiger partial charge in [-0.25, -0.2) is 14.4 Å². The van der Waals surface area contributed by atoms with Crippen LogP contribution in [0.4, 0.5) is 4.79 Å². The molecule has 210 valence electrons. The fraction of sp³-hybridized carbons (Fsp3) is 0.538. The number of ether oxygens (including phenoxy) is 3. The topological polar surface area (TPSA) is 160 Å². The summed E-state index contributed by atoms with van der Waals surface area (Å²) < 4.78 is 15.9. The standard InChI is InChI=1S/C26H36N2O9S/c1-14-18(29)10-19(30)16-13-38-12-15(8-9-20(31)36-25(2,3)4)27-22(32)17(11-35-23(33)21(14)16)28-24(34)37-26(5,6)7/h8-10,15,17,29-30H,11-13H2,1-7H3,(H,27,32)(H,28,34)/t15-,17-/m0/s1. The number of aromatic hydroxyl groups is 2. The Kier molecular flexibility index (Phi) is 10.1. The van der Waals surface area contributed by atoms with Crippen LogP contribution in [0, 0.1) is 6.92 Å². The number of fused-ring (bicyclic) bond motifs is 1. The maximum atomic E-state index is 13.1. The fourth-order valence-corrected chi connectivity index (χ4v) is 4.40. The molecule has 0 aromatic heterocycles. The van der Waals surface area contributed by atoms with Gasteiger partial charge >= 0.3 is 18.0 Å². The van der Waals surface area contributed by atoms with E-state index < -0.39 is 53.8 Å². The molecule has 0 saturated heterocycles. The molecule has 0 bridgehead atoms. The third-order valence-electron chi connectivity index (χ3n) is 4.98. The van der Waals surface area contributed by atoms with Crippen LogP contribution >= 0.6 is 11.8 Å². The predicted octanol–water partition coefficient (Wildman–Crippen LogP) is 3.09. The Morgan fingerprint density at radius 3 is 2.34 bits per heavy atom. The number of cyclic esters (lactones) is 1. The number of phenols is 2. The van der Waals surface area contributed by atoms with Crippen LogP contribution in [0.15, 0.2) is 18.2 Å². The second-order valence-corrected chi connectivity index (χ2v) is 11.7. The number of esters is 2. The van der Waals surface area contributed by atoms with E-state index >= 15 is 0 Å². The summed E-state index contributed by atoms with van der Waals surface area (Å²) in [6.07, 6.45) is 1.76. The third kappa shape index (κ3) is 9.47. The molecular formula is C26H36N2O9S. The molecule has 0 saturated carbocycles. The second-order valence-electron chi connectivity index (χ2n) is 10.7. The molecule has 1 aliphatic rings. The maximum Gasteiger partial charge on any atom is 0.408 e. The number of carbonyl (C=O) groups excluding carboxylic acids is 4.